The highest BCUT2D eigenvalue weighted by molar-refractivity contribution is 5.89. The van der Waals surface area contributed by atoms with E-state index in [0.29, 0.717) is 37.2 Å². The summed E-state index contributed by atoms with van der Waals surface area (Å²) in [6, 6.07) is 17.7. The molecule has 0 aromatic heterocycles. The van der Waals surface area contributed by atoms with Crippen molar-refractivity contribution in [2.45, 2.75) is 25.7 Å². The molecular formula is C22H26O4. The van der Waals surface area contributed by atoms with E-state index in [1.165, 1.54) is 0 Å². The summed E-state index contributed by atoms with van der Waals surface area (Å²) in [5.41, 5.74) is 1.08. The van der Waals surface area contributed by atoms with E-state index >= 15 is 0 Å². The average Bonchev–Trinajstić information content (AvgIpc) is 2.71. The van der Waals surface area contributed by atoms with Crippen LogP contribution in [0.4, 0.5) is 0 Å². The number of unbranched alkanes of at least 4 members (excludes halogenated alkanes) is 2. The van der Waals surface area contributed by atoms with Crippen molar-refractivity contribution < 1.29 is 19.1 Å². The van der Waals surface area contributed by atoms with Crippen molar-refractivity contribution in [3.8, 4) is 0 Å². The highest BCUT2D eigenvalue weighted by Gasteiger charge is 2.07. The first kappa shape index (κ1) is 21.4. The lowest BCUT2D eigenvalue weighted by Crippen LogP contribution is -2.09. The van der Waals surface area contributed by atoms with Crippen molar-refractivity contribution in [2.75, 3.05) is 13.2 Å². The Morgan fingerprint density at radius 2 is 1.00 bits per heavy atom. The number of hydrogen-bond acceptors (Lipinski definition) is 4. The van der Waals surface area contributed by atoms with Crippen LogP contribution >= 0.6 is 0 Å². The molecule has 0 aliphatic carbocycles. The zero-order valence-corrected chi connectivity index (χ0v) is 15.1. The fraction of sp³-hybridized carbons (Fsp3) is 0.273. The average molecular weight is 354 g/mol. The van der Waals surface area contributed by atoms with Gasteiger partial charge in [0.2, 0.25) is 0 Å². The molecule has 0 aliphatic heterocycles. The second kappa shape index (κ2) is 13.6. The molecular weight excluding hydrogens is 328 g/mol. The number of hydrogen-bond donors (Lipinski definition) is 0. The van der Waals surface area contributed by atoms with Gasteiger partial charge in [0, 0.05) is 0 Å². The van der Waals surface area contributed by atoms with Crippen molar-refractivity contribution in [1.82, 2.24) is 0 Å². The summed E-state index contributed by atoms with van der Waals surface area (Å²) in [7, 11) is 0. The van der Waals surface area contributed by atoms with E-state index in [1.54, 1.807) is 48.5 Å². The standard InChI is InChI=1S/C18H18O4.C4H8/c19-17(15-9-3-1-4-10-15)21-13-7-8-14-22-18(20)16-11-5-2-6-12-16;1-3-4-2/h1-6,9-12H,7-8,13-14H2;1-4H2. The number of carbonyl (C=O) groups excluding carboxylic acids is 2. The van der Waals surface area contributed by atoms with Crippen LogP contribution in [0.15, 0.2) is 60.7 Å². The molecule has 4 nitrogen and oxygen atoms in total. The van der Waals surface area contributed by atoms with Gasteiger partial charge in [-0.3, -0.25) is 0 Å². The van der Waals surface area contributed by atoms with E-state index in [-0.39, 0.29) is 11.9 Å². The second-order valence-electron chi connectivity index (χ2n) is 5.42. The van der Waals surface area contributed by atoms with Crippen molar-refractivity contribution in [3.63, 3.8) is 0 Å². The van der Waals surface area contributed by atoms with Crippen LogP contribution in [0.1, 0.15) is 46.4 Å². The molecule has 2 radical (unpaired) electrons. The van der Waals surface area contributed by atoms with E-state index in [4.69, 9.17) is 9.47 Å². The van der Waals surface area contributed by atoms with Gasteiger partial charge in [-0.1, -0.05) is 63.1 Å². The van der Waals surface area contributed by atoms with Crippen LogP contribution in [-0.2, 0) is 9.47 Å². The van der Waals surface area contributed by atoms with Crippen LogP contribution in [0.2, 0.25) is 0 Å². The number of carbonyl (C=O) groups is 2. The number of ether oxygens (including phenoxy) is 2. The van der Waals surface area contributed by atoms with Crippen LogP contribution < -0.4 is 0 Å². The smallest absolute Gasteiger partial charge is 0.338 e. The third-order valence-corrected chi connectivity index (χ3v) is 3.27. The van der Waals surface area contributed by atoms with E-state index in [1.807, 2.05) is 12.1 Å². The Morgan fingerprint density at radius 1 is 0.654 bits per heavy atom. The lowest BCUT2D eigenvalue weighted by Gasteiger charge is -2.06. The molecule has 2 aromatic carbocycles. The van der Waals surface area contributed by atoms with Gasteiger partial charge in [0.15, 0.2) is 0 Å². The molecule has 138 valence electrons. The van der Waals surface area contributed by atoms with Gasteiger partial charge in [-0.15, -0.1) is 0 Å². The molecule has 0 atom stereocenters. The maximum atomic E-state index is 11.7. The molecule has 0 aliphatic rings. The first-order chi connectivity index (χ1) is 12.7. The van der Waals surface area contributed by atoms with Crippen LogP contribution in [0.25, 0.3) is 0 Å². The maximum Gasteiger partial charge on any atom is 0.338 e. The zero-order chi connectivity index (χ0) is 19.0. The molecule has 0 unspecified atom stereocenters. The monoisotopic (exact) mass is 354 g/mol. The van der Waals surface area contributed by atoms with Crippen molar-refractivity contribution >= 4 is 11.9 Å². The van der Waals surface area contributed by atoms with Crippen LogP contribution in [-0.4, -0.2) is 25.2 Å². The van der Waals surface area contributed by atoms with Crippen LogP contribution in [0.5, 0.6) is 0 Å². The predicted molar refractivity (Wildman–Crippen MR) is 103 cm³/mol. The molecule has 0 saturated carbocycles. The van der Waals surface area contributed by atoms with Crippen molar-refractivity contribution in [3.05, 3.63) is 85.6 Å². The summed E-state index contributed by atoms with van der Waals surface area (Å²) in [5.74, 6) is -0.663. The van der Waals surface area contributed by atoms with Gasteiger partial charge in [0.25, 0.3) is 0 Å². The van der Waals surface area contributed by atoms with Gasteiger partial charge in [0.05, 0.1) is 24.3 Å². The van der Waals surface area contributed by atoms with Gasteiger partial charge in [0.1, 0.15) is 0 Å². The van der Waals surface area contributed by atoms with Crippen LogP contribution in [0, 0.1) is 13.8 Å². The highest BCUT2D eigenvalue weighted by Crippen LogP contribution is 2.04. The molecule has 0 fully saturated rings. The molecule has 26 heavy (non-hydrogen) atoms. The summed E-state index contributed by atoms with van der Waals surface area (Å²) in [4.78, 5) is 23.3. The zero-order valence-electron chi connectivity index (χ0n) is 15.1. The molecule has 0 N–H and O–H groups in total. The molecule has 0 bridgehead atoms. The third-order valence-electron chi connectivity index (χ3n) is 3.27. The van der Waals surface area contributed by atoms with Crippen molar-refractivity contribution in [1.29, 1.82) is 0 Å². The first-order valence-corrected chi connectivity index (χ1v) is 8.72. The molecule has 0 saturated heterocycles. The van der Waals surface area contributed by atoms with E-state index < -0.39 is 0 Å². The number of benzene rings is 2. The minimum absolute atomic E-state index is 0.316. The lowest BCUT2D eigenvalue weighted by molar-refractivity contribution is 0.0432. The number of rotatable bonds is 8. The summed E-state index contributed by atoms with van der Waals surface area (Å²) < 4.78 is 10.3. The lowest BCUT2D eigenvalue weighted by atomic mass is 10.2. The summed E-state index contributed by atoms with van der Waals surface area (Å²) in [6.45, 7) is 7.72. The van der Waals surface area contributed by atoms with Gasteiger partial charge in [-0.2, -0.15) is 0 Å². The summed E-state index contributed by atoms with van der Waals surface area (Å²) >= 11 is 0. The maximum absolute atomic E-state index is 11.7. The molecule has 4 heteroatoms. The van der Waals surface area contributed by atoms with Gasteiger partial charge < -0.3 is 9.47 Å². The highest BCUT2D eigenvalue weighted by atomic mass is 16.5. The van der Waals surface area contributed by atoms with Gasteiger partial charge in [-0.05, 0) is 37.1 Å². The Kier molecular flexibility index (Phi) is 11.2. The molecule has 0 spiro atoms. The summed E-state index contributed by atoms with van der Waals surface area (Å²) in [6.07, 6.45) is 3.22. The second-order valence-corrected chi connectivity index (χ2v) is 5.42. The summed E-state index contributed by atoms with van der Waals surface area (Å²) in [5, 5.41) is 0. The largest absolute Gasteiger partial charge is 0.462 e. The predicted octanol–water partition coefficient (Wildman–Crippen LogP) is 4.92. The molecule has 0 amide bonds. The van der Waals surface area contributed by atoms with E-state index in [0.717, 1.165) is 12.8 Å². The third kappa shape index (κ3) is 9.02. The Morgan fingerprint density at radius 3 is 1.31 bits per heavy atom. The normalized spacial score (nSPS) is 9.62. The number of esters is 2. The minimum Gasteiger partial charge on any atom is -0.462 e. The Hall–Kier alpha value is -2.62. The van der Waals surface area contributed by atoms with E-state index in [2.05, 4.69) is 13.8 Å². The van der Waals surface area contributed by atoms with Crippen molar-refractivity contribution in [2.24, 2.45) is 0 Å². The van der Waals surface area contributed by atoms with Crippen LogP contribution in [0.3, 0.4) is 0 Å². The van der Waals surface area contributed by atoms with Gasteiger partial charge in [-0.25, -0.2) is 9.59 Å². The molecule has 2 aromatic rings. The topological polar surface area (TPSA) is 52.6 Å². The fourth-order valence-corrected chi connectivity index (χ4v) is 1.85. The minimum atomic E-state index is -0.332. The quantitative estimate of drug-likeness (QED) is 0.499. The Balaban J connectivity index is 0.000000765. The molecule has 0 heterocycles. The van der Waals surface area contributed by atoms with Gasteiger partial charge >= 0.3 is 11.9 Å². The fourth-order valence-electron chi connectivity index (χ4n) is 1.85. The molecule has 2 rings (SSSR count). The van der Waals surface area contributed by atoms with E-state index in [9.17, 15) is 9.59 Å². The SMILES string of the molecule is O=C(OCCCCOC(=O)c1ccccc1)c1ccccc1.[CH2]CC[CH2]. The Bertz CT molecular complexity index is 566. The Labute approximate surface area is 156 Å². The first-order valence-electron chi connectivity index (χ1n) is 8.72.